The summed E-state index contributed by atoms with van der Waals surface area (Å²) < 4.78 is 0. The van der Waals surface area contributed by atoms with Gasteiger partial charge in [-0.2, -0.15) is 9.97 Å². The number of hydrogen-bond donors (Lipinski definition) is 1. The molecule has 0 radical (unpaired) electrons. The lowest BCUT2D eigenvalue weighted by Gasteiger charge is -2.22. The van der Waals surface area contributed by atoms with Crippen LogP contribution in [0.2, 0.25) is 5.28 Å². The maximum absolute atomic E-state index is 6.20. The predicted octanol–water partition coefficient (Wildman–Crippen LogP) is 5.65. The van der Waals surface area contributed by atoms with Gasteiger partial charge in [-0.1, -0.05) is 50.7 Å². The number of hydrogen-bond acceptors (Lipinski definition) is 4. The van der Waals surface area contributed by atoms with Gasteiger partial charge in [-0.25, -0.2) is 4.98 Å². The molecule has 1 heterocycles. The summed E-state index contributed by atoms with van der Waals surface area (Å²) in [5.41, 5.74) is 0. The summed E-state index contributed by atoms with van der Waals surface area (Å²) in [5, 5.41) is 3.85. The van der Waals surface area contributed by atoms with Crippen LogP contribution in [0.25, 0.3) is 0 Å². The van der Waals surface area contributed by atoms with Crippen molar-refractivity contribution in [1.82, 2.24) is 15.0 Å². The van der Waals surface area contributed by atoms with Crippen LogP contribution in [0.15, 0.2) is 12.2 Å². The Hall–Kier alpha value is -1.16. The number of aromatic nitrogens is 3. The number of allylic oxidation sites excluding steroid dienone is 2. The van der Waals surface area contributed by atoms with Gasteiger partial charge in [0.25, 0.3) is 0 Å². The van der Waals surface area contributed by atoms with E-state index in [0.29, 0.717) is 23.2 Å². The molecule has 0 aliphatic heterocycles. The molecule has 1 saturated carbocycles. The molecular formula is C19H29ClN4. The van der Waals surface area contributed by atoms with Gasteiger partial charge in [-0.3, -0.25) is 0 Å². The third-order valence-corrected chi connectivity index (χ3v) is 5.36. The van der Waals surface area contributed by atoms with E-state index in [1.54, 1.807) is 0 Å². The van der Waals surface area contributed by atoms with Crippen molar-refractivity contribution in [3.63, 3.8) is 0 Å². The molecule has 0 saturated heterocycles. The van der Waals surface area contributed by atoms with Crippen LogP contribution in [0.4, 0.5) is 5.95 Å². The molecule has 1 fully saturated rings. The van der Waals surface area contributed by atoms with Crippen molar-refractivity contribution >= 4 is 17.5 Å². The molecule has 2 aliphatic carbocycles. The first-order valence-corrected chi connectivity index (χ1v) is 10.0. The Bertz CT molecular complexity index is 538. The van der Waals surface area contributed by atoms with Gasteiger partial charge in [-0.15, -0.1) is 0 Å². The first kappa shape index (κ1) is 17.7. The highest BCUT2D eigenvalue weighted by atomic mass is 35.5. The van der Waals surface area contributed by atoms with Gasteiger partial charge in [0.1, 0.15) is 5.82 Å². The fourth-order valence-corrected chi connectivity index (χ4v) is 3.95. The van der Waals surface area contributed by atoms with E-state index in [4.69, 9.17) is 16.6 Å². The van der Waals surface area contributed by atoms with E-state index in [2.05, 4.69) is 27.4 Å². The minimum atomic E-state index is 0.319. The maximum atomic E-state index is 6.20. The van der Waals surface area contributed by atoms with Crippen LogP contribution in [0.5, 0.6) is 0 Å². The average molecular weight is 349 g/mol. The van der Waals surface area contributed by atoms with Crippen LogP contribution in [-0.4, -0.2) is 21.0 Å². The van der Waals surface area contributed by atoms with Crippen LogP contribution in [0, 0.1) is 0 Å². The summed E-state index contributed by atoms with van der Waals surface area (Å²) in [6.45, 7) is 0. The Balaban J connectivity index is 1.70. The normalized spacial score (nSPS) is 23.8. The third-order valence-electron chi connectivity index (χ3n) is 5.19. The highest BCUT2D eigenvalue weighted by molar-refractivity contribution is 6.28. The number of nitrogens with zero attached hydrogens (tertiary/aromatic N) is 3. The van der Waals surface area contributed by atoms with Crippen molar-refractivity contribution in [2.75, 3.05) is 5.32 Å². The molecule has 1 aromatic rings. The maximum Gasteiger partial charge on any atom is 0.227 e. The van der Waals surface area contributed by atoms with E-state index >= 15 is 0 Å². The Morgan fingerprint density at radius 3 is 2.42 bits per heavy atom. The fraction of sp³-hybridized carbons (Fsp3) is 0.737. The minimum absolute atomic E-state index is 0.319. The molecular weight excluding hydrogens is 320 g/mol. The van der Waals surface area contributed by atoms with Gasteiger partial charge >= 0.3 is 0 Å². The lowest BCUT2D eigenvalue weighted by atomic mass is 9.94. The zero-order chi connectivity index (χ0) is 16.6. The molecule has 0 amide bonds. The van der Waals surface area contributed by atoms with Crippen molar-refractivity contribution < 1.29 is 0 Å². The van der Waals surface area contributed by atoms with E-state index in [1.165, 1.54) is 64.2 Å². The standard InChI is InChI=1S/C19H29ClN4/c20-18-22-17(15-11-7-3-1-4-8-12-15)23-19(24-18)21-16-13-9-5-2-6-10-14-16/h3,7,15-16H,1-2,4-6,8-14H2,(H,21,22,23,24). The smallest absolute Gasteiger partial charge is 0.227 e. The predicted molar refractivity (Wildman–Crippen MR) is 99.5 cm³/mol. The van der Waals surface area contributed by atoms with E-state index in [-0.39, 0.29) is 0 Å². The van der Waals surface area contributed by atoms with Crippen molar-refractivity contribution in [2.45, 2.75) is 89.0 Å². The van der Waals surface area contributed by atoms with Crippen LogP contribution in [0.3, 0.4) is 0 Å². The third kappa shape index (κ3) is 5.44. The lowest BCUT2D eigenvalue weighted by Crippen LogP contribution is -2.23. The number of nitrogens with one attached hydrogen (secondary N) is 1. The molecule has 5 heteroatoms. The number of anilines is 1. The van der Waals surface area contributed by atoms with Gasteiger partial charge in [0.05, 0.1) is 0 Å². The Morgan fingerprint density at radius 1 is 0.833 bits per heavy atom. The topological polar surface area (TPSA) is 50.7 Å². The summed E-state index contributed by atoms with van der Waals surface area (Å²) in [6, 6.07) is 0.467. The molecule has 1 N–H and O–H groups in total. The zero-order valence-electron chi connectivity index (χ0n) is 14.5. The highest BCUT2D eigenvalue weighted by Crippen LogP contribution is 2.27. The quantitative estimate of drug-likeness (QED) is 0.716. The van der Waals surface area contributed by atoms with Crippen LogP contribution >= 0.6 is 11.6 Å². The van der Waals surface area contributed by atoms with Crippen molar-refractivity contribution in [3.8, 4) is 0 Å². The van der Waals surface area contributed by atoms with Crippen molar-refractivity contribution in [3.05, 3.63) is 23.3 Å². The van der Waals surface area contributed by atoms with Gasteiger partial charge in [0.15, 0.2) is 0 Å². The number of halogens is 1. The average Bonchev–Trinajstić information content (AvgIpc) is 2.49. The molecule has 1 aromatic heterocycles. The fourth-order valence-electron chi connectivity index (χ4n) is 3.78. The van der Waals surface area contributed by atoms with E-state index < -0.39 is 0 Å². The molecule has 1 atom stereocenters. The molecule has 24 heavy (non-hydrogen) atoms. The van der Waals surface area contributed by atoms with Gasteiger partial charge < -0.3 is 5.32 Å². The van der Waals surface area contributed by atoms with Gasteiger partial charge in [-0.05, 0) is 50.1 Å². The van der Waals surface area contributed by atoms with E-state index in [9.17, 15) is 0 Å². The Kier molecular flexibility index (Phi) is 6.88. The molecule has 2 aliphatic rings. The molecule has 0 bridgehead atoms. The largest absolute Gasteiger partial charge is 0.351 e. The molecule has 3 rings (SSSR count). The first-order valence-electron chi connectivity index (χ1n) is 9.64. The molecule has 0 spiro atoms. The Morgan fingerprint density at radius 2 is 1.58 bits per heavy atom. The summed E-state index contributed by atoms with van der Waals surface area (Å²) in [5.74, 6) is 1.89. The summed E-state index contributed by atoms with van der Waals surface area (Å²) in [7, 11) is 0. The Labute approximate surface area is 150 Å². The van der Waals surface area contributed by atoms with Crippen molar-refractivity contribution in [1.29, 1.82) is 0 Å². The second kappa shape index (κ2) is 9.36. The summed E-state index contributed by atoms with van der Waals surface area (Å²) in [6.07, 6.45) is 19.4. The number of rotatable bonds is 3. The zero-order valence-corrected chi connectivity index (χ0v) is 15.3. The summed E-state index contributed by atoms with van der Waals surface area (Å²) in [4.78, 5) is 13.5. The molecule has 4 nitrogen and oxygen atoms in total. The van der Waals surface area contributed by atoms with E-state index in [1.807, 2.05) is 0 Å². The SMILES string of the molecule is Clc1nc(NC2CCCCCCC2)nc(C2CC=CCCCC2)n1. The molecule has 132 valence electrons. The molecule has 0 aromatic carbocycles. The van der Waals surface area contributed by atoms with Gasteiger partial charge in [0.2, 0.25) is 11.2 Å². The molecule has 1 unspecified atom stereocenters. The highest BCUT2D eigenvalue weighted by Gasteiger charge is 2.18. The minimum Gasteiger partial charge on any atom is -0.351 e. The van der Waals surface area contributed by atoms with Crippen molar-refractivity contribution in [2.24, 2.45) is 0 Å². The first-order chi connectivity index (χ1) is 11.8. The van der Waals surface area contributed by atoms with E-state index in [0.717, 1.165) is 18.7 Å². The second-order valence-corrected chi connectivity index (χ2v) is 7.50. The van der Waals surface area contributed by atoms with Crippen LogP contribution in [0.1, 0.15) is 88.8 Å². The van der Waals surface area contributed by atoms with Gasteiger partial charge in [0, 0.05) is 12.0 Å². The monoisotopic (exact) mass is 348 g/mol. The lowest BCUT2D eigenvalue weighted by molar-refractivity contribution is 0.469. The summed E-state index contributed by atoms with van der Waals surface area (Å²) >= 11 is 6.20. The van der Waals surface area contributed by atoms with Crippen LogP contribution in [-0.2, 0) is 0 Å². The second-order valence-electron chi connectivity index (χ2n) is 7.16. The van der Waals surface area contributed by atoms with Crippen LogP contribution < -0.4 is 5.32 Å².